The Morgan fingerprint density at radius 3 is 2.26 bits per heavy atom. The number of ether oxygens (including phenoxy) is 1. The molecule has 1 atom stereocenters. The molecule has 6 heteroatoms. The summed E-state index contributed by atoms with van der Waals surface area (Å²) in [4.78, 5) is 24.8. The fraction of sp³-hybridized carbons (Fsp3) is 0.238. The van der Waals surface area contributed by atoms with E-state index in [0.29, 0.717) is 5.56 Å². The molecule has 1 heterocycles. The number of rotatable bonds is 6. The molecule has 1 aromatic heterocycles. The van der Waals surface area contributed by atoms with E-state index in [1.54, 1.807) is 14.0 Å². The first-order valence-corrected chi connectivity index (χ1v) is 8.74. The molecule has 2 aromatic carbocycles. The highest BCUT2D eigenvalue weighted by atomic mass is 16.5. The molecule has 0 aliphatic heterocycles. The highest BCUT2D eigenvalue weighted by Crippen LogP contribution is 2.24. The standard InChI is InChI=1S/C21H23N3O3/c1-14-15(2)23-24(21(14)26)13-19(25)22-20(16-7-5-4-6-8-16)17-9-11-18(27-3)12-10-17/h4-12,20,23H,13H2,1-3H3,(H,22,25)/t20-/m0/s1. The third-order valence-electron chi connectivity index (χ3n) is 4.62. The Morgan fingerprint density at radius 2 is 1.70 bits per heavy atom. The van der Waals surface area contributed by atoms with E-state index in [9.17, 15) is 9.59 Å². The van der Waals surface area contributed by atoms with Crippen LogP contribution in [0.3, 0.4) is 0 Å². The molecule has 27 heavy (non-hydrogen) atoms. The lowest BCUT2D eigenvalue weighted by Gasteiger charge is -2.20. The van der Waals surface area contributed by atoms with Gasteiger partial charge in [-0.3, -0.25) is 14.7 Å². The normalized spacial score (nSPS) is 11.8. The molecule has 1 amide bonds. The fourth-order valence-corrected chi connectivity index (χ4v) is 2.96. The van der Waals surface area contributed by atoms with Crippen LogP contribution in [-0.4, -0.2) is 22.8 Å². The maximum atomic E-state index is 12.6. The van der Waals surface area contributed by atoms with Gasteiger partial charge in [0.15, 0.2) is 0 Å². The first-order chi connectivity index (χ1) is 13.0. The summed E-state index contributed by atoms with van der Waals surface area (Å²) in [5.74, 6) is 0.504. The van der Waals surface area contributed by atoms with Gasteiger partial charge in [0.25, 0.3) is 5.56 Å². The first kappa shape index (κ1) is 18.5. The van der Waals surface area contributed by atoms with Gasteiger partial charge in [-0.25, -0.2) is 4.68 Å². The summed E-state index contributed by atoms with van der Waals surface area (Å²) in [7, 11) is 1.61. The second-order valence-corrected chi connectivity index (χ2v) is 6.44. The number of amides is 1. The van der Waals surface area contributed by atoms with Gasteiger partial charge in [0.1, 0.15) is 12.3 Å². The molecule has 6 nitrogen and oxygen atoms in total. The van der Waals surface area contributed by atoms with Gasteiger partial charge < -0.3 is 10.1 Å². The Hall–Kier alpha value is -3.28. The predicted molar refractivity (Wildman–Crippen MR) is 104 cm³/mol. The van der Waals surface area contributed by atoms with Crippen molar-refractivity contribution in [2.24, 2.45) is 0 Å². The maximum Gasteiger partial charge on any atom is 0.270 e. The number of benzene rings is 2. The Labute approximate surface area is 157 Å². The zero-order valence-electron chi connectivity index (χ0n) is 15.7. The minimum Gasteiger partial charge on any atom is -0.497 e. The molecule has 3 rings (SSSR count). The van der Waals surface area contributed by atoms with Crippen LogP contribution in [0.15, 0.2) is 59.4 Å². The Kier molecular flexibility index (Phi) is 5.45. The minimum atomic E-state index is -0.322. The van der Waals surface area contributed by atoms with Gasteiger partial charge in [-0.2, -0.15) is 0 Å². The van der Waals surface area contributed by atoms with Crippen molar-refractivity contribution in [2.45, 2.75) is 26.4 Å². The molecule has 0 spiro atoms. The average molecular weight is 365 g/mol. The smallest absolute Gasteiger partial charge is 0.270 e. The van der Waals surface area contributed by atoms with Crippen molar-refractivity contribution in [2.75, 3.05) is 7.11 Å². The van der Waals surface area contributed by atoms with Crippen LogP contribution in [0.2, 0.25) is 0 Å². The average Bonchev–Trinajstić information content (AvgIpc) is 2.93. The predicted octanol–water partition coefficient (Wildman–Crippen LogP) is 2.71. The number of aryl methyl sites for hydroxylation is 1. The number of carbonyl (C=O) groups excluding carboxylic acids is 1. The third-order valence-corrected chi connectivity index (χ3v) is 4.62. The van der Waals surface area contributed by atoms with Crippen LogP contribution in [0, 0.1) is 13.8 Å². The number of hydrogen-bond acceptors (Lipinski definition) is 3. The summed E-state index contributed by atoms with van der Waals surface area (Å²) in [5.41, 5.74) is 3.10. The minimum absolute atomic E-state index is 0.0625. The number of nitrogens with zero attached hydrogens (tertiary/aromatic N) is 1. The lowest BCUT2D eigenvalue weighted by Crippen LogP contribution is -2.35. The van der Waals surface area contributed by atoms with Gasteiger partial charge in [-0.05, 0) is 37.1 Å². The molecule has 0 unspecified atom stereocenters. The topological polar surface area (TPSA) is 76.1 Å². The molecule has 0 aliphatic rings. The summed E-state index contributed by atoms with van der Waals surface area (Å²) < 4.78 is 6.54. The first-order valence-electron chi connectivity index (χ1n) is 8.74. The van der Waals surface area contributed by atoms with Crippen LogP contribution in [0.1, 0.15) is 28.4 Å². The summed E-state index contributed by atoms with van der Waals surface area (Å²) in [5, 5.41) is 5.97. The molecule has 3 aromatic rings. The lowest BCUT2D eigenvalue weighted by atomic mass is 9.98. The van der Waals surface area contributed by atoms with E-state index in [4.69, 9.17) is 4.74 Å². The Bertz CT molecular complexity index is 972. The molecule has 0 saturated heterocycles. The van der Waals surface area contributed by atoms with E-state index in [1.807, 2.05) is 61.5 Å². The van der Waals surface area contributed by atoms with Crippen molar-refractivity contribution in [1.29, 1.82) is 0 Å². The molecule has 0 bridgehead atoms. The van der Waals surface area contributed by atoms with Crippen LogP contribution in [0.5, 0.6) is 5.75 Å². The quantitative estimate of drug-likeness (QED) is 0.705. The highest BCUT2D eigenvalue weighted by Gasteiger charge is 2.18. The monoisotopic (exact) mass is 365 g/mol. The summed E-state index contributed by atoms with van der Waals surface area (Å²) in [6, 6.07) is 17.0. The lowest BCUT2D eigenvalue weighted by molar-refractivity contribution is -0.122. The molecule has 0 aliphatic carbocycles. The number of aromatic nitrogens is 2. The van der Waals surface area contributed by atoms with Gasteiger partial charge in [0, 0.05) is 11.3 Å². The van der Waals surface area contributed by atoms with Crippen LogP contribution in [0.4, 0.5) is 0 Å². The van der Waals surface area contributed by atoms with Crippen molar-refractivity contribution in [3.8, 4) is 5.75 Å². The SMILES string of the molecule is COc1ccc([C@@H](NC(=O)Cn2[nH]c(C)c(C)c2=O)c2ccccc2)cc1. The van der Waals surface area contributed by atoms with Crippen molar-refractivity contribution in [3.63, 3.8) is 0 Å². The summed E-state index contributed by atoms with van der Waals surface area (Å²) in [6.07, 6.45) is 0. The van der Waals surface area contributed by atoms with Gasteiger partial charge in [-0.15, -0.1) is 0 Å². The largest absolute Gasteiger partial charge is 0.497 e. The third kappa shape index (κ3) is 4.11. The second-order valence-electron chi connectivity index (χ2n) is 6.44. The fourth-order valence-electron chi connectivity index (χ4n) is 2.96. The molecule has 2 N–H and O–H groups in total. The summed E-state index contributed by atoms with van der Waals surface area (Å²) in [6.45, 7) is 3.50. The van der Waals surface area contributed by atoms with Crippen molar-refractivity contribution in [3.05, 3.63) is 87.3 Å². The zero-order chi connectivity index (χ0) is 19.4. The van der Waals surface area contributed by atoms with E-state index in [2.05, 4.69) is 10.4 Å². The highest BCUT2D eigenvalue weighted by molar-refractivity contribution is 5.76. The van der Waals surface area contributed by atoms with Gasteiger partial charge in [0.2, 0.25) is 5.91 Å². The number of nitrogens with one attached hydrogen (secondary N) is 2. The number of hydrogen-bond donors (Lipinski definition) is 2. The van der Waals surface area contributed by atoms with E-state index >= 15 is 0 Å². The van der Waals surface area contributed by atoms with Gasteiger partial charge >= 0.3 is 0 Å². The molecular weight excluding hydrogens is 342 g/mol. The van der Waals surface area contributed by atoms with Crippen molar-refractivity contribution >= 4 is 5.91 Å². The maximum absolute atomic E-state index is 12.6. The zero-order valence-corrected chi connectivity index (χ0v) is 15.7. The van der Waals surface area contributed by atoms with Crippen molar-refractivity contribution in [1.82, 2.24) is 15.1 Å². The van der Waals surface area contributed by atoms with Gasteiger partial charge in [0.05, 0.1) is 13.2 Å². The molecule has 0 radical (unpaired) electrons. The number of methoxy groups -OCH3 is 1. The summed E-state index contributed by atoms with van der Waals surface area (Å²) >= 11 is 0. The molecule has 0 fully saturated rings. The number of aromatic amines is 1. The Balaban J connectivity index is 1.85. The van der Waals surface area contributed by atoms with Crippen LogP contribution in [0.25, 0.3) is 0 Å². The Morgan fingerprint density at radius 1 is 1.07 bits per heavy atom. The number of H-pyrrole nitrogens is 1. The van der Waals surface area contributed by atoms with E-state index in [-0.39, 0.29) is 24.1 Å². The van der Waals surface area contributed by atoms with Crippen LogP contribution < -0.4 is 15.6 Å². The van der Waals surface area contributed by atoms with Crippen LogP contribution in [-0.2, 0) is 11.3 Å². The molecular formula is C21H23N3O3. The van der Waals surface area contributed by atoms with Crippen molar-refractivity contribution < 1.29 is 9.53 Å². The van der Waals surface area contributed by atoms with Crippen LogP contribution >= 0.6 is 0 Å². The van der Waals surface area contributed by atoms with Gasteiger partial charge in [-0.1, -0.05) is 42.5 Å². The second kappa shape index (κ2) is 7.95. The van der Waals surface area contributed by atoms with E-state index in [0.717, 1.165) is 22.6 Å². The van der Waals surface area contributed by atoms with E-state index < -0.39 is 0 Å². The molecule has 0 saturated carbocycles. The molecule has 140 valence electrons. The number of carbonyl (C=O) groups is 1. The van der Waals surface area contributed by atoms with E-state index in [1.165, 1.54) is 4.68 Å².